The average Bonchev–Trinajstić information content (AvgIpc) is 2.92. The molecule has 4 rings (SSSR count). The van der Waals surface area contributed by atoms with Gasteiger partial charge in [0, 0.05) is 18.1 Å². The van der Waals surface area contributed by atoms with Crippen molar-refractivity contribution >= 4 is 23.6 Å². The predicted molar refractivity (Wildman–Crippen MR) is 155 cm³/mol. The van der Waals surface area contributed by atoms with Crippen LogP contribution in [0.1, 0.15) is 30.4 Å². The predicted octanol–water partition coefficient (Wildman–Crippen LogP) is 6.72. The highest BCUT2D eigenvalue weighted by molar-refractivity contribution is 8.58. The Morgan fingerprint density at radius 1 is 1.05 bits per heavy atom. The maximum absolute atomic E-state index is 13.7. The van der Waals surface area contributed by atoms with Crippen LogP contribution in [0.15, 0.2) is 71.6 Å². The third-order valence-electron chi connectivity index (χ3n) is 7.19. The van der Waals surface area contributed by atoms with E-state index in [2.05, 4.69) is 43.3 Å². The van der Waals surface area contributed by atoms with Crippen LogP contribution in [0, 0.1) is 6.92 Å². The largest absolute Gasteiger partial charge is 0.496 e. The monoisotopic (exact) mass is 553 g/mol. The number of primary amides is 1. The maximum atomic E-state index is 13.7. The van der Waals surface area contributed by atoms with Gasteiger partial charge in [-0.1, -0.05) is 41.7 Å². The molecule has 202 valence electrons. The second-order valence-electron chi connectivity index (χ2n) is 9.75. The van der Waals surface area contributed by atoms with Crippen molar-refractivity contribution in [3.63, 3.8) is 0 Å². The lowest BCUT2D eigenvalue weighted by Crippen LogP contribution is -2.47. The van der Waals surface area contributed by atoms with Gasteiger partial charge in [-0.2, -0.15) is 0 Å². The fraction of sp³-hybridized carbons (Fsp3) is 0.367. The van der Waals surface area contributed by atoms with Crippen molar-refractivity contribution in [1.82, 2.24) is 0 Å². The summed E-state index contributed by atoms with van der Waals surface area (Å²) in [5.74, 6) is 1.16. The summed E-state index contributed by atoms with van der Waals surface area (Å²) in [4.78, 5) is 13.1. The van der Waals surface area contributed by atoms with Gasteiger partial charge in [0.1, 0.15) is 16.7 Å². The average molecular weight is 554 g/mol. The molecule has 3 aromatic carbocycles. The van der Waals surface area contributed by atoms with Crippen molar-refractivity contribution < 1.29 is 23.6 Å². The van der Waals surface area contributed by atoms with Gasteiger partial charge < -0.3 is 24.5 Å². The van der Waals surface area contributed by atoms with E-state index in [4.69, 9.17) is 19.9 Å². The number of amides is 1. The number of carbonyl (C=O) groups is 1. The van der Waals surface area contributed by atoms with Gasteiger partial charge in [0.25, 0.3) is 0 Å². The van der Waals surface area contributed by atoms with Crippen molar-refractivity contribution in [3.8, 4) is 22.6 Å². The Balaban J connectivity index is 1.30. The summed E-state index contributed by atoms with van der Waals surface area (Å²) in [6, 6.07) is 22.4. The minimum atomic E-state index is -2.97. The Morgan fingerprint density at radius 2 is 1.76 bits per heavy atom. The Bertz CT molecular complexity index is 1300. The van der Waals surface area contributed by atoms with Crippen LogP contribution in [-0.2, 0) is 20.5 Å². The third kappa shape index (κ3) is 6.45. The van der Waals surface area contributed by atoms with Crippen LogP contribution < -0.4 is 15.2 Å². The van der Waals surface area contributed by atoms with E-state index in [1.54, 1.807) is 13.8 Å². The minimum absolute atomic E-state index is 0.396. The number of hydrogen-bond donors (Lipinski definition) is 1. The number of rotatable bonds is 11. The quantitative estimate of drug-likeness (QED) is 0.210. The van der Waals surface area contributed by atoms with Crippen LogP contribution in [0.3, 0.4) is 0 Å². The van der Waals surface area contributed by atoms with E-state index < -0.39 is 17.4 Å². The van der Waals surface area contributed by atoms with Gasteiger partial charge >= 0.3 is 0 Å². The van der Waals surface area contributed by atoms with Crippen LogP contribution >= 0.6 is 17.7 Å². The summed E-state index contributed by atoms with van der Waals surface area (Å²) in [6.45, 7) is 5.12. The molecular weight excluding hydrogens is 517 g/mol. The number of methoxy groups -OCH3 is 1. The van der Waals surface area contributed by atoms with Gasteiger partial charge in [0.2, 0.25) is 5.91 Å². The molecule has 0 radical (unpaired) electrons. The smallest absolute Gasteiger partial charge is 0.232 e. The van der Waals surface area contributed by atoms with E-state index in [-0.39, 0.29) is 0 Å². The summed E-state index contributed by atoms with van der Waals surface area (Å²) in [7, 11) is 1.69. The Labute approximate surface area is 229 Å². The molecular formula is C30H36NO5PS. The Morgan fingerprint density at radius 3 is 2.42 bits per heavy atom. The highest BCUT2D eigenvalue weighted by atomic mass is 32.7. The summed E-state index contributed by atoms with van der Waals surface area (Å²) in [5, 5.41) is -1.02. The van der Waals surface area contributed by atoms with Crippen LogP contribution in [0.5, 0.6) is 11.5 Å². The minimum Gasteiger partial charge on any atom is -0.496 e. The number of nitrogens with two attached hydrogens (primary N) is 1. The molecule has 8 heteroatoms. The Kier molecular flexibility index (Phi) is 9.24. The first-order valence-corrected chi connectivity index (χ1v) is 16.4. The number of carbonyl (C=O) groups excluding carboxylic acids is 1. The fourth-order valence-electron chi connectivity index (χ4n) is 4.88. The molecule has 0 bridgehead atoms. The van der Waals surface area contributed by atoms with Gasteiger partial charge in [0.05, 0.1) is 13.7 Å². The third-order valence-corrected chi connectivity index (χ3v) is 13.0. The van der Waals surface area contributed by atoms with Crippen LogP contribution in [0.25, 0.3) is 11.1 Å². The molecule has 0 aromatic heterocycles. The lowest BCUT2D eigenvalue weighted by atomic mass is 9.98. The zero-order valence-electron chi connectivity index (χ0n) is 22.3. The molecule has 1 heterocycles. The lowest BCUT2D eigenvalue weighted by Gasteiger charge is -2.38. The molecule has 6 nitrogen and oxygen atoms in total. The normalized spacial score (nSPS) is 16.4. The number of hydrogen-bond acceptors (Lipinski definition) is 6. The van der Waals surface area contributed by atoms with Gasteiger partial charge in [-0.05, 0) is 97.9 Å². The van der Waals surface area contributed by atoms with Gasteiger partial charge in [-0.3, -0.25) is 4.79 Å². The zero-order valence-corrected chi connectivity index (χ0v) is 24.0. The topological polar surface area (TPSA) is 87.9 Å². The zero-order chi connectivity index (χ0) is 27.2. The van der Waals surface area contributed by atoms with E-state index in [9.17, 15) is 9.36 Å². The maximum Gasteiger partial charge on any atom is 0.232 e. The fourth-order valence-corrected chi connectivity index (χ4v) is 10.0. The van der Waals surface area contributed by atoms with E-state index in [0.29, 0.717) is 32.7 Å². The van der Waals surface area contributed by atoms with Crippen molar-refractivity contribution in [1.29, 1.82) is 0 Å². The molecule has 38 heavy (non-hydrogen) atoms. The second-order valence-corrected chi connectivity index (χ2v) is 15.6. The molecule has 0 saturated carbocycles. The van der Waals surface area contributed by atoms with E-state index >= 15 is 0 Å². The van der Waals surface area contributed by atoms with Crippen molar-refractivity contribution in [2.75, 3.05) is 33.6 Å². The standard InChI is InChI=1S/C30H36NO5PS/c1-22-20-25(9-14-28(22)34-2)24-8-4-6-23(21-24)7-5-17-36-26-10-12-27(13-11-26)38-37(3,33)30(29(31)32)15-18-35-19-16-30/h4,6,8-14,20-21H,5,7,15-19H2,1-3H3,(H2,31,32). The molecule has 0 spiro atoms. The molecule has 2 N–H and O–H groups in total. The Hall–Kier alpha value is -2.73. The van der Waals surface area contributed by atoms with Crippen LogP contribution in [0.4, 0.5) is 0 Å². The first kappa shape index (κ1) is 28.3. The van der Waals surface area contributed by atoms with Gasteiger partial charge in [-0.15, -0.1) is 0 Å². The number of aryl methyl sites for hydroxylation is 2. The van der Waals surface area contributed by atoms with Crippen molar-refractivity contribution in [3.05, 3.63) is 77.9 Å². The summed E-state index contributed by atoms with van der Waals surface area (Å²) in [6.07, 6.45) is -0.384. The van der Waals surface area contributed by atoms with Crippen molar-refractivity contribution in [2.24, 2.45) is 5.73 Å². The molecule has 1 atom stereocenters. The van der Waals surface area contributed by atoms with Crippen LogP contribution in [-0.4, -0.2) is 44.7 Å². The lowest BCUT2D eigenvalue weighted by molar-refractivity contribution is -0.122. The van der Waals surface area contributed by atoms with E-state index in [1.165, 1.54) is 28.1 Å². The van der Waals surface area contributed by atoms with E-state index in [0.717, 1.165) is 34.8 Å². The molecule has 1 aliphatic rings. The molecule has 1 saturated heterocycles. The molecule has 3 aromatic rings. The SMILES string of the molecule is COc1ccc(-c2cccc(CCCOc3ccc(SP(C)(=O)C4(C(N)=O)CCOCC4)cc3)c2)cc1C. The van der Waals surface area contributed by atoms with Crippen molar-refractivity contribution in [2.45, 2.75) is 42.7 Å². The molecule has 1 amide bonds. The van der Waals surface area contributed by atoms with Gasteiger partial charge in [-0.25, -0.2) is 0 Å². The number of benzene rings is 3. The number of ether oxygens (including phenoxy) is 3. The first-order chi connectivity index (χ1) is 18.2. The first-order valence-electron chi connectivity index (χ1n) is 12.9. The second kappa shape index (κ2) is 12.4. The van der Waals surface area contributed by atoms with Crippen LogP contribution in [0.2, 0.25) is 0 Å². The summed E-state index contributed by atoms with van der Waals surface area (Å²) >= 11 is 1.25. The summed E-state index contributed by atoms with van der Waals surface area (Å²) < 4.78 is 30.4. The highest BCUT2D eigenvalue weighted by Crippen LogP contribution is 2.70. The van der Waals surface area contributed by atoms with E-state index in [1.807, 2.05) is 30.3 Å². The highest BCUT2D eigenvalue weighted by Gasteiger charge is 2.51. The molecule has 0 aliphatic carbocycles. The van der Waals surface area contributed by atoms with Gasteiger partial charge in [0.15, 0.2) is 6.34 Å². The molecule has 1 unspecified atom stereocenters. The molecule has 1 aliphatic heterocycles. The molecule has 1 fully saturated rings. The summed E-state index contributed by atoms with van der Waals surface area (Å²) in [5.41, 5.74) is 10.5.